The Labute approximate surface area is 192 Å². The number of hydrogen-bond donors (Lipinski definition) is 2. The van der Waals surface area contributed by atoms with Gasteiger partial charge in [-0.05, 0) is 83.5 Å². The summed E-state index contributed by atoms with van der Waals surface area (Å²) in [5.41, 5.74) is 12.6. The highest BCUT2D eigenvalue weighted by Crippen LogP contribution is 2.27. The van der Waals surface area contributed by atoms with Crippen LogP contribution in [-0.4, -0.2) is 22.1 Å². The largest absolute Gasteiger partial charge is 0.384 e. The van der Waals surface area contributed by atoms with Crippen LogP contribution in [0.25, 0.3) is 22.3 Å². The molecule has 0 spiro atoms. The highest BCUT2D eigenvalue weighted by molar-refractivity contribution is 7.98. The SMILES string of the molecule is CSc1cc(C(=O)NCc2cc(-c3cccc(-c4ccnc(N)c4)c3)ccn2)ccc1C. The molecule has 160 valence electrons. The van der Waals surface area contributed by atoms with Crippen LogP contribution in [-0.2, 0) is 6.54 Å². The first-order valence-electron chi connectivity index (χ1n) is 10.2. The number of nitrogens with two attached hydrogens (primary N) is 1. The standard InChI is InChI=1S/C26H24N4OS/c1-17-6-7-22(14-24(17)32-2)26(31)30-16-23-13-20(8-10-28-23)18-4-3-5-19(12-18)21-9-11-29-25(27)15-21/h3-15H,16H2,1-2H3,(H2,27,29)(H,30,31). The highest BCUT2D eigenvalue weighted by atomic mass is 32.2. The third-order valence-electron chi connectivity index (χ3n) is 5.23. The highest BCUT2D eigenvalue weighted by Gasteiger charge is 2.09. The van der Waals surface area contributed by atoms with E-state index in [0.717, 1.165) is 32.8 Å². The summed E-state index contributed by atoms with van der Waals surface area (Å²) >= 11 is 1.64. The zero-order valence-electron chi connectivity index (χ0n) is 18.0. The molecule has 0 aliphatic rings. The van der Waals surface area contributed by atoms with Crippen LogP contribution in [0.2, 0.25) is 0 Å². The van der Waals surface area contributed by atoms with Gasteiger partial charge in [0.15, 0.2) is 0 Å². The van der Waals surface area contributed by atoms with Gasteiger partial charge in [0.1, 0.15) is 5.82 Å². The molecule has 32 heavy (non-hydrogen) atoms. The van der Waals surface area contributed by atoms with E-state index < -0.39 is 0 Å². The van der Waals surface area contributed by atoms with Gasteiger partial charge in [-0.1, -0.05) is 24.3 Å². The summed E-state index contributed by atoms with van der Waals surface area (Å²) in [5, 5.41) is 2.98. The maximum atomic E-state index is 12.6. The van der Waals surface area contributed by atoms with Crippen LogP contribution in [0.4, 0.5) is 5.82 Å². The Hall–Kier alpha value is -3.64. The van der Waals surface area contributed by atoms with Crippen molar-refractivity contribution in [2.45, 2.75) is 18.4 Å². The van der Waals surface area contributed by atoms with Gasteiger partial charge in [0.2, 0.25) is 0 Å². The van der Waals surface area contributed by atoms with E-state index >= 15 is 0 Å². The smallest absolute Gasteiger partial charge is 0.251 e. The van der Waals surface area contributed by atoms with Crippen LogP contribution >= 0.6 is 11.8 Å². The average molecular weight is 441 g/mol. The lowest BCUT2D eigenvalue weighted by Crippen LogP contribution is -2.23. The number of benzene rings is 2. The number of nitrogens with one attached hydrogen (secondary N) is 1. The molecule has 0 aliphatic carbocycles. The molecule has 5 nitrogen and oxygen atoms in total. The second-order valence-electron chi connectivity index (χ2n) is 7.45. The Balaban J connectivity index is 1.51. The molecule has 1 amide bonds. The fraction of sp³-hybridized carbons (Fsp3) is 0.115. The molecule has 6 heteroatoms. The first-order valence-corrected chi connectivity index (χ1v) is 11.5. The first kappa shape index (κ1) is 21.6. The monoisotopic (exact) mass is 440 g/mol. The van der Waals surface area contributed by atoms with Gasteiger partial charge >= 0.3 is 0 Å². The number of rotatable bonds is 6. The van der Waals surface area contributed by atoms with Crippen LogP contribution < -0.4 is 11.1 Å². The molecule has 4 rings (SSSR count). The zero-order valence-corrected chi connectivity index (χ0v) is 18.8. The molecule has 0 atom stereocenters. The van der Waals surface area contributed by atoms with Gasteiger partial charge in [0.05, 0.1) is 12.2 Å². The van der Waals surface area contributed by atoms with Crippen LogP contribution in [0.1, 0.15) is 21.6 Å². The fourth-order valence-electron chi connectivity index (χ4n) is 3.49. The molecule has 3 N–H and O–H groups in total. The van der Waals surface area contributed by atoms with E-state index in [1.165, 1.54) is 5.56 Å². The lowest BCUT2D eigenvalue weighted by atomic mass is 10.00. The molecule has 0 unspecified atom stereocenters. The van der Waals surface area contributed by atoms with Crippen molar-refractivity contribution in [1.29, 1.82) is 0 Å². The number of amides is 1. The summed E-state index contributed by atoms with van der Waals surface area (Å²) in [7, 11) is 0. The van der Waals surface area contributed by atoms with Crippen molar-refractivity contribution in [1.82, 2.24) is 15.3 Å². The second-order valence-corrected chi connectivity index (χ2v) is 8.30. The topological polar surface area (TPSA) is 80.9 Å². The van der Waals surface area contributed by atoms with Crippen LogP contribution in [0.3, 0.4) is 0 Å². The van der Waals surface area contributed by atoms with Crippen molar-refractivity contribution >= 4 is 23.5 Å². The molecule has 0 saturated carbocycles. The molecule has 0 fully saturated rings. The lowest BCUT2D eigenvalue weighted by molar-refractivity contribution is 0.0950. The number of nitrogens with zero attached hydrogens (tertiary/aromatic N) is 2. The molecule has 0 radical (unpaired) electrons. The number of thioether (sulfide) groups is 1. The van der Waals surface area contributed by atoms with Gasteiger partial charge in [-0.15, -0.1) is 11.8 Å². The van der Waals surface area contributed by atoms with Gasteiger partial charge < -0.3 is 11.1 Å². The van der Waals surface area contributed by atoms with E-state index in [-0.39, 0.29) is 5.91 Å². The summed E-state index contributed by atoms with van der Waals surface area (Å²) in [6.45, 7) is 2.40. The van der Waals surface area contributed by atoms with Crippen LogP contribution in [0.5, 0.6) is 0 Å². The molecule has 0 aliphatic heterocycles. The number of aryl methyl sites for hydroxylation is 1. The van der Waals surface area contributed by atoms with E-state index in [4.69, 9.17) is 5.73 Å². The predicted molar refractivity (Wildman–Crippen MR) is 131 cm³/mol. The van der Waals surface area contributed by atoms with Gasteiger partial charge in [-0.3, -0.25) is 9.78 Å². The Morgan fingerprint density at radius 2 is 1.59 bits per heavy atom. The number of carbonyl (C=O) groups excluding carboxylic acids is 1. The maximum Gasteiger partial charge on any atom is 0.251 e. The number of nitrogen functional groups attached to an aromatic ring is 1. The molecule has 4 aromatic rings. The summed E-state index contributed by atoms with van der Waals surface area (Å²) in [4.78, 5) is 22.2. The average Bonchev–Trinajstić information content (AvgIpc) is 2.83. The number of carbonyl (C=O) groups is 1. The van der Waals surface area contributed by atoms with E-state index in [2.05, 4.69) is 27.4 Å². The Kier molecular flexibility index (Phi) is 6.52. The normalized spacial score (nSPS) is 10.7. The summed E-state index contributed by atoms with van der Waals surface area (Å²) in [6, 6.07) is 21.8. The van der Waals surface area contributed by atoms with Crippen molar-refractivity contribution in [2.75, 3.05) is 12.0 Å². The third-order valence-corrected chi connectivity index (χ3v) is 6.11. The van der Waals surface area contributed by atoms with Gasteiger partial charge in [0.25, 0.3) is 5.91 Å². The quantitative estimate of drug-likeness (QED) is 0.395. The number of aromatic nitrogens is 2. The number of anilines is 1. The predicted octanol–water partition coefficient (Wildman–Crippen LogP) is 5.35. The number of hydrogen-bond acceptors (Lipinski definition) is 5. The summed E-state index contributed by atoms with van der Waals surface area (Å²) < 4.78 is 0. The van der Waals surface area contributed by atoms with Crippen LogP contribution in [0.15, 0.2) is 84.0 Å². The van der Waals surface area contributed by atoms with Crippen molar-refractivity contribution in [2.24, 2.45) is 0 Å². The van der Waals surface area contributed by atoms with E-state index in [1.54, 1.807) is 24.2 Å². The first-order chi connectivity index (χ1) is 15.5. The molecule has 2 aromatic carbocycles. The molecule has 2 heterocycles. The van der Waals surface area contributed by atoms with Crippen molar-refractivity contribution in [3.05, 3.63) is 95.9 Å². The number of pyridine rings is 2. The van der Waals surface area contributed by atoms with Crippen molar-refractivity contribution < 1.29 is 4.79 Å². The maximum absolute atomic E-state index is 12.6. The minimum atomic E-state index is -0.107. The van der Waals surface area contributed by atoms with Crippen LogP contribution in [0, 0.1) is 6.92 Å². The summed E-state index contributed by atoms with van der Waals surface area (Å²) in [6.07, 6.45) is 5.49. The Bertz CT molecular complexity index is 1270. The van der Waals surface area contributed by atoms with Gasteiger partial charge in [0, 0.05) is 22.9 Å². The molecule has 0 bridgehead atoms. The molecular weight excluding hydrogens is 416 g/mol. The van der Waals surface area contributed by atoms with Crippen molar-refractivity contribution in [3.63, 3.8) is 0 Å². The van der Waals surface area contributed by atoms with E-state index in [0.29, 0.717) is 17.9 Å². The molecular formula is C26H24N4OS. The van der Waals surface area contributed by atoms with Crippen molar-refractivity contribution in [3.8, 4) is 22.3 Å². The zero-order chi connectivity index (χ0) is 22.5. The Morgan fingerprint density at radius 1 is 0.906 bits per heavy atom. The minimum absolute atomic E-state index is 0.107. The van der Waals surface area contributed by atoms with E-state index in [1.807, 2.05) is 67.8 Å². The van der Waals surface area contributed by atoms with Gasteiger partial charge in [-0.2, -0.15) is 0 Å². The molecule has 2 aromatic heterocycles. The third kappa shape index (κ3) is 4.98. The molecule has 0 saturated heterocycles. The fourth-order valence-corrected chi connectivity index (χ4v) is 4.13. The second kappa shape index (κ2) is 9.66. The minimum Gasteiger partial charge on any atom is -0.384 e. The Morgan fingerprint density at radius 3 is 2.31 bits per heavy atom. The lowest BCUT2D eigenvalue weighted by Gasteiger charge is -2.10. The summed E-state index contributed by atoms with van der Waals surface area (Å²) in [5.74, 6) is 0.387. The van der Waals surface area contributed by atoms with Gasteiger partial charge in [-0.25, -0.2) is 4.98 Å². The van der Waals surface area contributed by atoms with E-state index in [9.17, 15) is 4.79 Å².